The molecule has 3 heteroatoms. The normalized spacial score (nSPS) is 31.1. The number of unbranched alkanes of at least 4 members (excludes halogenated alkanes) is 2. The van der Waals surface area contributed by atoms with Gasteiger partial charge in [-0.15, -0.1) is 0 Å². The summed E-state index contributed by atoms with van der Waals surface area (Å²) in [6.45, 7) is 5.64. The van der Waals surface area contributed by atoms with Gasteiger partial charge in [0.2, 0.25) is 0 Å². The van der Waals surface area contributed by atoms with Gasteiger partial charge in [0.25, 0.3) is 0 Å². The van der Waals surface area contributed by atoms with E-state index in [2.05, 4.69) is 31.2 Å². The molecule has 3 nitrogen and oxygen atoms in total. The SMILES string of the molecule is CCCCCC1CCC(C2CCC(c3ccc(C4CCC(OC(=O)C(C)(C)CO)CC4)cc3)CC2)CC1. The molecule has 1 aromatic rings. The summed E-state index contributed by atoms with van der Waals surface area (Å²) in [6.07, 6.45) is 21.3. The smallest absolute Gasteiger partial charge is 0.314 e. The van der Waals surface area contributed by atoms with Crippen molar-refractivity contribution in [2.24, 2.45) is 23.2 Å². The average molecular weight is 511 g/mol. The molecule has 3 saturated carbocycles. The number of aliphatic hydroxyl groups is 1. The van der Waals surface area contributed by atoms with Crippen LogP contribution in [0.5, 0.6) is 0 Å². The van der Waals surface area contributed by atoms with Gasteiger partial charge in [0.05, 0.1) is 12.0 Å². The number of esters is 1. The fourth-order valence-electron chi connectivity index (χ4n) is 7.49. The lowest BCUT2D eigenvalue weighted by Gasteiger charge is -2.38. The van der Waals surface area contributed by atoms with Gasteiger partial charge in [-0.2, -0.15) is 0 Å². The van der Waals surface area contributed by atoms with Crippen LogP contribution < -0.4 is 0 Å². The zero-order valence-electron chi connectivity index (χ0n) is 24.1. The molecule has 0 atom stereocenters. The zero-order valence-corrected chi connectivity index (χ0v) is 24.1. The standard InChI is InChI=1S/C34H54O3/c1-4-5-6-7-25-8-10-26(11-9-25)27-12-14-28(15-13-27)29-16-18-30(19-17-29)31-20-22-32(23-21-31)37-33(36)34(2,3)24-35/h16-19,25-28,31-32,35H,4-15,20-24H2,1-3H3. The Morgan fingerprint density at radius 1 is 0.784 bits per heavy atom. The van der Waals surface area contributed by atoms with E-state index in [9.17, 15) is 9.90 Å². The molecule has 0 radical (unpaired) electrons. The van der Waals surface area contributed by atoms with E-state index in [1.54, 1.807) is 19.4 Å². The van der Waals surface area contributed by atoms with E-state index in [1.807, 2.05) is 0 Å². The second-order valence-corrected chi connectivity index (χ2v) is 13.5. The van der Waals surface area contributed by atoms with Crippen LogP contribution in [0.3, 0.4) is 0 Å². The van der Waals surface area contributed by atoms with Gasteiger partial charge in [-0.3, -0.25) is 4.79 Å². The number of hydrogen-bond acceptors (Lipinski definition) is 3. The first-order chi connectivity index (χ1) is 17.9. The highest BCUT2D eigenvalue weighted by atomic mass is 16.5. The van der Waals surface area contributed by atoms with Crippen LogP contribution in [0.2, 0.25) is 0 Å². The van der Waals surface area contributed by atoms with Crippen molar-refractivity contribution >= 4 is 5.97 Å². The van der Waals surface area contributed by atoms with Gasteiger partial charge < -0.3 is 9.84 Å². The first-order valence-electron chi connectivity index (χ1n) is 15.8. The molecule has 1 N–H and O–H groups in total. The maximum atomic E-state index is 12.3. The fraction of sp³-hybridized carbons (Fsp3) is 0.794. The predicted octanol–water partition coefficient (Wildman–Crippen LogP) is 8.94. The van der Waals surface area contributed by atoms with Gasteiger partial charge >= 0.3 is 5.97 Å². The lowest BCUT2D eigenvalue weighted by Crippen LogP contribution is -2.34. The van der Waals surface area contributed by atoms with Crippen LogP contribution in [-0.2, 0) is 9.53 Å². The Hall–Kier alpha value is -1.35. The van der Waals surface area contributed by atoms with E-state index in [1.165, 1.54) is 82.6 Å². The largest absolute Gasteiger partial charge is 0.462 e. The van der Waals surface area contributed by atoms with Gasteiger partial charge in [0, 0.05) is 0 Å². The second-order valence-electron chi connectivity index (χ2n) is 13.5. The van der Waals surface area contributed by atoms with Crippen molar-refractivity contribution in [2.75, 3.05) is 6.61 Å². The molecule has 0 unspecified atom stereocenters. The molecule has 208 valence electrons. The molecule has 0 heterocycles. The minimum Gasteiger partial charge on any atom is -0.462 e. The van der Waals surface area contributed by atoms with Crippen molar-refractivity contribution in [1.29, 1.82) is 0 Å². The topological polar surface area (TPSA) is 46.5 Å². The highest BCUT2D eigenvalue weighted by molar-refractivity contribution is 5.76. The summed E-state index contributed by atoms with van der Waals surface area (Å²) in [5, 5.41) is 9.41. The fourth-order valence-corrected chi connectivity index (χ4v) is 7.49. The summed E-state index contributed by atoms with van der Waals surface area (Å²) in [5.41, 5.74) is 2.20. The quantitative estimate of drug-likeness (QED) is 0.252. The van der Waals surface area contributed by atoms with E-state index in [0.717, 1.165) is 49.4 Å². The Morgan fingerprint density at radius 2 is 1.27 bits per heavy atom. The van der Waals surface area contributed by atoms with E-state index in [-0.39, 0.29) is 18.7 Å². The minimum atomic E-state index is -0.806. The van der Waals surface area contributed by atoms with Gasteiger partial charge in [0.15, 0.2) is 0 Å². The summed E-state index contributed by atoms with van der Waals surface area (Å²) in [6, 6.07) is 9.59. The lowest BCUT2D eigenvalue weighted by molar-refractivity contribution is -0.163. The molecular formula is C34H54O3. The summed E-state index contributed by atoms with van der Waals surface area (Å²) < 4.78 is 5.71. The minimum absolute atomic E-state index is 0.000130. The Morgan fingerprint density at radius 3 is 1.76 bits per heavy atom. The van der Waals surface area contributed by atoms with Gasteiger partial charge in [0.1, 0.15) is 6.10 Å². The monoisotopic (exact) mass is 510 g/mol. The summed E-state index contributed by atoms with van der Waals surface area (Å²) in [4.78, 5) is 12.3. The molecule has 3 aliphatic carbocycles. The van der Waals surface area contributed by atoms with Gasteiger partial charge in [-0.05, 0) is 119 Å². The van der Waals surface area contributed by atoms with Crippen molar-refractivity contribution in [2.45, 2.75) is 141 Å². The Labute approximate surface area is 227 Å². The van der Waals surface area contributed by atoms with Crippen LogP contribution in [0.15, 0.2) is 24.3 Å². The lowest BCUT2D eigenvalue weighted by atomic mass is 9.68. The molecule has 0 amide bonds. The highest BCUT2D eigenvalue weighted by Crippen LogP contribution is 2.45. The van der Waals surface area contributed by atoms with Crippen LogP contribution in [0.1, 0.15) is 146 Å². The third-order valence-electron chi connectivity index (χ3n) is 10.3. The number of rotatable bonds is 10. The molecule has 0 spiro atoms. The molecular weight excluding hydrogens is 456 g/mol. The molecule has 1 aromatic carbocycles. The molecule has 37 heavy (non-hydrogen) atoms. The number of carbonyl (C=O) groups excluding carboxylic acids is 1. The molecule has 0 bridgehead atoms. The third kappa shape index (κ3) is 7.84. The third-order valence-corrected chi connectivity index (χ3v) is 10.3. The molecule has 0 aliphatic heterocycles. The highest BCUT2D eigenvalue weighted by Gasteiger charge is 2.33. The van der Waals surface area contributed by atoms with Crippen molar-refractivity contribution in [3.63, 3.8) is 0 Å². The Bertz CT molecular complexity index is 804. The number of aliphatic hydroxyl groups excluding tert-OH is 1. The van der Waals surface area contributed by atoms with Crippen LogP contribution in [0.4, 0.5) is 0 Å². The zero-order chi connectivity index (χ0) is 26.3. The van der Waals surface area contributed by atoms with Crippen LogP contribution in [-0.4, -0.2) is 23.8 Å². The van der Waals surface area contributed by atoms with Crippen molar-refractivity contribution < 1.29 is 14.6 Å². The molecule has 4 rings (SSSR count). The molecule has 3 fully saturated rings. The number of ether oxygens (including phenoxy) is 1. The van der Waals surface area contributed by atoms with Crippen LogP contribution >= 0.6 is 0 Å². The molecule has 3 aliphatic rings. The van der Waals surface area contributed by atoms with E-state index >= 15 is 0 Å². The van der Waals surface area contributed by atoms with Gasteiger partial charge in [-0.25, -0.2) is 0 Å². The van der Waals surface area contributed by atoms with E-state index in [0.29, 0.717) is 5.92 Å². The Kier molecular flexibility index (Phi) is 10.6. The Balaban J connectivity index is 1.18. The van der Waals surface area contributed by atoms with E-state index < -0.39 is 5.41 Å². The first-order valence-corrected chi connectivity index (χ1v) is 15.8. The predicted molar refractivity (Wildman–Crippen MR) is 153 cm³/mol. The summed E-state index contributed by atoms with van der Waals surface area (Å²) in [5.74, 6) is 4.08. The molecule has 0 aromatic heterocycles. The van der Waals surface area contributed by atoms with Crippen LogP contribution in [0.25, 0.3) is 0 Å². The summed E-state index contributed by atoms with van der Waals surface area (Å²) in [7, 11) is 0. The van der Waals surface area contributed by atoms with Gasteiger partial charge in [-0.1, -0.05) is 69.7 Å². The maximum absolute atomic E-state index is 12.3. The summed E-state index contributed by atoms with van der Waals surface area (Å²) >= 11 is 0. The van der Waals surface area contributed by atoms with Crippen molar-refractivity contribution in [3.8, 4) is 0 Å². The second kappa shape index (κ2) is 13.6. The average Bonchev–Trinajstić information content (AvgIpc) is 2.94. The number of hydrogen-bond donors (Lipinski definition) is 1. The molecule has 0 saturated heterocycles. The van der Waals surface area contributed by atoms with Crippen molar-refractivity contribution in [3.05, 3.63) is 35.4 Å². The van der Waals surface area contributed by atoms with E-state index in [4.69, 9.17) is 4.74 Å². The van der Waals surface area contributed by atoms with Crippen molar-refractivity contribution in [1.82, 2.24) is 0 Å². The van der Waals surface area contributed by atoms with Crippen LogP contribution in [0, 0.1) is 23.2 Å². The maximum Gasteiger partial charge on any atom is 0.314 e. The number of carbonyl (C=O) groups is 1. The number of benzene rings is 1. The first kappa shape index (κ1) is 28.7.